The van der Waals surface area contributed by atoms with Gasteiger partial charge in [-0.15, -0.1) is 0 Å². The number of nitrogens with one attached hydrogen (secondary N) is 1. The highest BCUT2D eigenvalue weighted by molar-refractivity contribution is 5.45. The van der Waals surface area contributed by atoms with Crippen molar-refractivity contribution < 1.29 is 0 Å². The first-order valence-corrected chi connectivity index (χ1v) is 6.28. The maximum Gasteiger partial charge on any atom is 0.187 e. The largest absolute Gasteiger partial charge is 0.314 e. The number of hydrogen-bond donors (Lipinski definition) is 1. The van der Waals surface area contributed by atoms with Crippen LogP contribution >= 0.6 is 0 Å². The van der Waals surface area contributed by atoms with Gasteiger partial charge in [-0.25, -0.2) is 4.85 Å². The van der Waals surface area contributed by atoms with Crippen molar-refractivity contribution in [3.05, 3.63) is 41.2 Å². The lowest BCUT2D eigenvalue weighted by Crippen LogP contribution is -2.43. The SMILES string of the molecule is [C-]#[N+]c1ccc(CCCN2CCNCC2)cc1. The van der Waals surface area contributed by atoms with E-state index in [4.69, 9.17) is 6.57 Å². The fraction of sp³-hybridized carbons (Fsp3) is 0.500. The van der Waals surface area contributed by atoms with E-state index in [0.717, 1.165) is 25.2 Å². The molecule has 0 unspecified atom stereocenters. The van der Waals surface area contributed by atoms with Gasteiger partial charge in [-0.05, 0) is 19.4 Å². The first-order valence-electron chi connectivity index (χ1n) is 6.28. The van der Waals surface area contributed by atoms with Crippen molar-refractivity contribution in [2.75, 3.05) is 32.7 Å². The molecule has 3 heteroatoms. The molecule has 1 saturated heterocycles. The summed E-state index contributed by atoms with van der Waals surface area (Å²) in [7, 11) is 0. The molecule has 1 heterocycles. The number of benzene rings is 1. The molecule has 1 fully saturated rings. The van der Waals surface area contributed by atoms with E-state index in [2.05, 4.69) is 27.2 Å². The minimum Gasteiger partial charge on any atom is -0.314 e. The molecule has 0 atom stereocenters. The standard InChI is InChI=1S/C14H19N3/c1-15-14-6-4-13(5-7-14)3-2-10-17-11-8-16-9-12-17/h4-7,16H,2-3,8-12H2. The van der Waals surface area contributed by atoms with Crippen LogP contribution < -0.4 is 5.32 Å². The van der Waals surface area contributed by atoms with E-state index in [-0.39, 0.29) is 0 Å². The van der Waals surface area contributed by atoms with Gasteiger partial charge in [0.05, 0.1) is 6.57 Å². The van der Waals surface area contributed by atoms with Crippen molar-refractivity contribution in [1.82, 2.24) is 10.2 Å². The predicted molar refractivity (Wildman–Crippen MR) is 70.3 cm³/mol. The molecule has 0 bridgehead atoms. The predicted octanol–water partition coefficient (Wildman–Crippen LogP) is 2.08. The van der Waals surface area contributed by atoms with E-state index >= 15 is 0 Å². The maximum atomic E-state index is 6.90. The van der Waals surface area contributed by atoms with Crippen molar-refractivity contribution in [3.63, 3.8) is 0 Å². The molecule has 0 radical (unpaired) electrons. The van der Waals surface area contributed by atoms with Gasteiger partial charge in [0.15, 0.2) is 5.69 Å². The van der Waals surface area contributed by atoms with Crippen LogP contribution in [-0.2, 0) is 6.42 Å². The fourth-order valence-corrected chi connectivity index (χ4v) is 2.18. The van der Waals surface area contributed by atoms with E-state index in [1.54, 1.807) is 0 Å². The maximum absolute atomic E-state index is 6.90. The lowest BCUT2D eigenvalue weighted by Gasteiger charge is -2.27. The fourth-order valence-electron chi connectivity index (χ4n) is 2.18. The summed E-state index contributed by atoms with van der Waals surface area (Å²) in [6.07, 6.45) is 2.32. The summed E-state index contributed by atoms with van der Waals surface area (Å²) in [4.78, 5) is 5.92. The molecule has 17 heavy (non-hydrogen) atoms. The van der Waals surface area contributed by atoms with Gasteiger partial charge in [-0.1, -0.05) is 29.8 Å². The summed E-state index contributed by atoms with van der Waals surface area (Å²) < 4.78 is 0. The third kappa shape index (κ3) is 3.85. The second kappa shape index (κ2) is 6.39. The number of nitrogens with zero attached hydrogens (tertiary/aromatic N) is 2. The van der Waals surface area contributed by atoms with E-state index < -0.39 is 0 Å². The highest BCUT2D eigenvalue weighted by Crippen LogP contribution is 2.13. The normalized spacial score (nSPS) is 16.6. The Morgan fingerprint density at radius 1 is 1.18 bits per heavy atom. The Morgan fingerprint density at radius 2 is 1.88 bits per heavy atom. The van der Waals surface area contributed by atoms with Gasteiger partial charge >= 0.3 is 0 Å². The average molecular weight is 229 g/mol. The molecule has 3 nitrogen and oxygen atoms in total. The zero-order valence-electron chi connectivity index (χ0n) is 10.2. The van der Waals surface area contributed by atoms with E-state index in [1.807, 2.05) is 12.1 Å². The molecule has 1 N–H and O–H groups in total. The van der Waals surface area contributed by atoms with Crippen LogP contribution in [0.25, 0.3) is 4.85 Å². The van der Waals surface area contributed by atoms with Gasteiger partial charge in [0, 0.05) is 26.2 Å². The molecule has 1 aromatic carbocycles. The Kier molecular flexibility index (Phi) is 4.54. The van der Waals surface area contributed by atoms with Gasteiger partial charge in [0.1, 0.15) is 0 Å². The smallest absolute Gasteiger partial charge is 0.187 e. The van der Waals surface area contributed by atoms with Crippen molar-refractivity contribution in [1.29, 1.82) is 0 Å². The van der Waals surface area contributed by atoms with Gasteiger partial charge in [-0.2, -0.15) is 0 Å². The summed E-state index contributed by atoms with van der Waals surface area (Å²) in [6, 6.07) is 7.97. The molecule has 2 rings (SSSR count). The molecular formula is C14H19N3. The second-order valence-corrected chi connectivity index (χ2v) is 4.47. The van der Waals surface area contributed by atoms with E-state index in [0.29, 0.717) is 0 Å². The topological polar surface area (TPSA) is 19.6 Å². The highest BCUT2D eigenvalue weighted by atomic mass is 15.2. The van der Waals surface area contributed by atoms with Crippen LogP contribution in [0.5, 0.6) is 0 Å². The molecule has 0 aromatic heterocycles. The molecule has 1 aliphatic rings. The van der Waals surface area contributed by atoms with Crippen LogP contribution in [0.1, 0.15) is 12.0 Å². The highest BCUT2D eigenvalue weighted by Gasteiger charge is 2.08. The van der Waals surface area contributed by atoms with Crippen molar-refractivity contribution in [3.8, 4) is 0 Å². The minimum absolute atomic E-state index is 0.732. The van der Waals surface area contributed by atoms with Crippen molar-refractivity contribution in [2.24, 2.45) is 0 Å². The Morgan fingerprint density at radius 3 is 2.53 bits per heavy atom. The molecule has 1 aromatic rings. The molecule has 0 amide bonds. The Hall–Kier alpha value is -1.37. The number of aryl methyl sites for hydroxylation is 1. The molecule has 0 spiro atoms. The lowest BCUT2D eigenvalue weighted by atomic mass is 10.1. The van der Waals surface area contributed by atoms with Crippen molar-refractivity contribution in [2.45, 2.75) is 12.8 Å². The monoisotopic (exact) mass is 229 g/mol. The van der Waals surface area contributed by atoms with Gasteiger partial charge in [0.2, 0.25) is 0 Å². The number of rotatable bonds is 4. The van der Waals surface area contributed by atoms with Crippen LogP contribution in [0.3, 0.4) is 0 Å². The summed E-state index contributed by atoms with van der Waals surface area (Å²) in [5.74, 6) is 0. The minimum atomic E-state index is 0.732. The Labute approximate surface area is 103 Å². The summed E-state index contributed by atoms with van der Waals surface area (Å²) in [6.45, 7) is 12.7. The third-order valence-electron chi connectivity index (χ3n) is 3.21. The third-order valence-corrected chi connectivity index (χ3v) is 3.21. The van der Waals surface area contributed by atoms with Crippen LogP contribution in [-0.4, -0.2) is 37.6 Å². The number of piperazine rings is 1. The molecule has 0 aliphatic carbocycles. The zero-order chi connectivity index (χ0) is 11.9. The van der Waals surface area contributed by atoms with Gasteiger partial charge in [0.25, 0.3) is 0 Å². The quantitative estimate of drug-likeness (QED) is 0.797. The number of hydrogen-bond acceptors (Lipinski definition) is 2. The van der Waals surface area contributed by atoms with Crippen LogP contribution in [0, 0.1) is 6.57 Å². The van der Waals surface area contributed by atoms with Gasteiger partial charge in [-0.3, -0.25) is 0 Å². The molecule has 90 valence electrons. The Balaban J connectivity index is 1.72. The zero-order valence-corrected chi connectivity index (χ0v) is 10.2. The van der Waals surface area contributed by atoms with Crippen LogP contribution in [0.15, 0.2) is 24.3 Å². The van der Waals surface area contributed by atoms with E-state index in [1.165, 1.54) is 31.6 Å². The second-order valence-electron chi connectivity index (χ2n) is 4.47. The molecule has 0 saturated carbocycles. The molecule has 1 aliphatic heterocycles. The van der Waals surface area contributed by atoms with Crippen molar-refractivity contribution >= 4 is 5.69 Å². The average Bonchev–Trinajstić information content (AvgIpc) is 2.41. The summed E-state index contributed by atoms with van der Waals surface area (Å²) in [5.41, 5.74) is 2.07. The summed E-state index contributed by atoms with van der Waals surface area (Å²) >= 11 is 0. The van der Waals surface area contributed by atoms with Gasteiger partial charge < -0.3 is 10.2 Å². The van der Waals surface area contributed by atoms with Crippen LogP contribution in [0.2, 0.25) is 0 Å². The molecular weight excluding hydrogens is 210 g/mol. The lowest BCUT2D eigenvalue weighted by molar-refractivity contribution is 0.238. The first-order chi connectivity index (χ1) is 8.38. The van der Waals surface area contributed by atoms with E-state index in [9.17, 15) is 0 Å². The Bertz CT molecular complexity index is 371. The van der Waals surface area contributed by atoms with Crippen LogP contribution in [0.4, 0.5) is 5.69 Å². The first kappa shape index (κ1) is 12.1. The summed E-state index contributed by atoms with van der Waals surface area (Å²) in [5, 5.41) is 3.37.